The molecule has 3 aromatic rings. The monoisotopic (exact) mass is 359 g/mol. The molecule has 0 aliphatic rings. The molecular formula is C20H19F2NO3. The molecule has 0 unspecified atom stereocenters. The van der Waals surface area contributed by atoms with Gasteiger partial charge in [-0.15, -0.1) is 0 Å². The van der Waals surface area contributed by atoms with E-state index in [1.54, 1.807) is 19.2 Å². The van der Waals surface area contributed by atoms with Gasteiger partial charge >= 0.3 is 0 Å². The van der Waals surface area contributed by atoms with Crippen LogP contribution in [-0.4, -0.2) is 32.4 Å². The van der Waals surface area contributed by atoms with Crippen LogP contribution >= 0.6 is 0 Å². The summed E-state index contributed by atoms with van der Waals surface area (Å²) >= 11 is 0. The number of aromatic nitrogens is 1. The molecule has 0 amide bonds. The zero-order valence-corrected chi connectivity index (χ0v) is 14.8. The number of ether oxygens (including phenoxy) is 3. The molecule has 1 aromatic heterocycles. The van der Waals surface area contributed by atoms with Crippen molar-refractivity contribution in [3.05, 3.63) is 53.6 Å². The van der Waals surface area contributed by atoms with Gasteiger partial charge in [0, 0.05) is 18.1 Å². The van der Waals surface area contributed by atoms with Crippen molar-refractivity contribution in [3.63, 3.8) is 0 Å². The third-order valence-corrected chi connectivity index (χ3v) is 4.08. The number of para-hydroxylation sites is 1. The van der Waals surface area contributed by atoms with Gasteiger partial charge < -0.3 is 14.2 Å². The molecule has 6 heteroatoms. The molecular weight excluding hydrogens is 340 g/mol. The third kappa shape index (κ3) is 3.32. The number of nitrogens with zero attached hydrogens (tertiary/aromatic N) is 1. The molecule has 0 radical (unpaired) electrons. The quantitative estimate of drug-likeness (QED) is 0.607. The summed E-state index contributed by atoms with van der Waals surface area (Å²) in [6, 6.07) is 9.88. The molecule has 1 heterocycles. The number of halogens is 2. The van der Waals surface area contributed by atoms with Crippen molar-refractivity contribution in [1.29, 1.82) is 0 Å². The molecule has 2 aromatic carbocycles. The molecule has 0 saturated carbocycles. The van der Waals surface area contributed by atoms with E-state index in [1.807, 2.05) is 19.1 Å². The molecule has 3 rings (SSSR count). The maximum atomic E-state index is 14.6. The highest BCUT2D eigenvalue weighted by Crippen LogP contribution is 2.34. The number of hydrogen-bond donors (Lipinski definition) is 0. The van der Waals surface area contributed by atoms with Crippen LogP contribution < -0.4 is 9.47 Å². The Kier molecular flexibility index (Phi) is 5.32. The highest BCUT2D eigenvalue weighted by Gasteiger charge is 2.18. The lowest BCUT2D eigenvalue weighted by molar-refractivity contribution is 0.147. The van der Waals surface area contributed by atoms with Gasteiger partial charge in [-0.1, -0.05) is 12.1 Å². The molecule has 0 spiro atoms. The van der Waals surface area contributed by atoms with E-state index < -0.39 is 17.4 Å². The van der Waals surface area contributed by atoms with Crippen molar-refractivity contribution in [1.82, 2.24) is 4.98 Å². The molecule has 0 saturated heterocycles. The van der Waals surface area contributed by atoms with E-state index in [0.717, 1.165) is 10.9 Å². The van der Waals surface area contributed by atoms with Crippen LogP contribution in [0.4, 0.5) is 8.78 Å². The Morgan fingerprint density at radius 3 is 2.58 bits per heavy atom. The number of fused-ring (bicyclic) bond motifs is 1. The molecule has 0 fully saturated rings. The van der Waals surface area contributed by atoms with Gasteiger partial charge in [0.1, 0.15) is 17.9 Å². The Labute approximate surface area is 150 Å². The second kappa shape index (κ2) is 7.66. The van der Waals surface area contributed by atoms with E-state index in [0.29, 0.717) is 30.2 Å². The zero-order valence-electron chi connectivity index (χ0n) is 14.8. The van der Waals surface area contributed by atoms with Gasteiger partial charge in [-0.3, -0.25) is 0 Å². The molecule has 136 valence electrons. The summed E-state index contributed by atoms with van der Waals surface area (Å²) in [5.41, 5.74) is 2.07. The minimum absolute atomic E-state index is 0.167. The predicted molar refractivity (Wildman–Crippen MR) is 95.8 cm³/mol. The molecule has 0 aliphatic carbocycles. The van der Waals surface area contributed by atoms with E-state index in [4.69, 9.17) is 14.2 Å². The highest BCUT2D eigenvalue weighted by molar-refractivity contribution is 5.89. The lowest BCUT2D eigenvalue weighted by Gasteiger charge is -2.13. The first kappa shape index (κ1) is 18.1. The lowest BCUT2D eigenvalue weighted by atomic mass is 10.0. The van der Waals surface area contributed by atoms with E-state index in [1.165, 1.54) is 19.2 Å². The Balaban J connectivity index is 2.15. The molecule has 0 atom stereocenters. The summed E-state index contributed by atoms with van der Waals surface area (Å²) in [6.07, 6.45) is 0. The van der Waals surface area contributed by atoms with Gasteiger partial charge in [0.2, 0.25) is 0 Å². The Morgan fingerprint density at radius 2 is 1.85 bits per heavy atom. The van der Waals surface area contributed by atoms with Gasteiger partial charge in [0.05, 0.1) is 19.4 Å². The smallest absolute Gasteiger partial charge is 0.191 e. The zero-order chi connectivity index (χ0) is 18.7. The molecule has 0 bridgehead atoms. The molecule has 0 aliphatic heterocycles. The van der Waals surface area contributed by atoms with Crippen LogP contribution in [0.25, 0.3) is 22.2 Å². The van der Waals surface area contributed by atoms with Crippen molar-refractivity contribution in [3.8, 4) is 22.8 Å². The average molecular weight is 359 g/mol. The molecule has 0 N–H and O–H groups in total. The van der Waals surface area contributed by atoms with Gasteiger partial charge in [-0.25, -0.2) is 13.8 Å². The second-order valence-electron chi connectivity index (χ2n) is 5.76. The highest BCUT2D eigenvalue weighted by atomic mass is 19.1. The third-order valence-electron chi connectivity index (χ3n) is 4.08. The summed E-state index contributed by atoms with van der Waals surface area (Å²) < 4.78 is 43.9. The maximum absolute atomic E-state index is 14.6. The fraction of sp³-hybridized carbons (Fsp3) is 0.250. The van der Waals surface area contributed by atoms with Crippen molar-refractivity contribution < 1.29 is 23.0 Å². The summed E-state index contributed by atoms with van der Waals surface area (Å²) in [5, 5.41) is 0.901. The van der Waals surface area contributed by atoms with Crippen LogP contribution in [0, 0.1) is 18.6 Å². The minimum atomic E-state index is -0.781. The van der Waals surface area contributed by atoms with Gasteiger partial charge in [0.25, 0.3) is 0 Å². The fourth-order valence-corrected chi connectivity index (χ4v) is 2.80. The maximum Gasteiger partial charge on any atom is 0.191 e. The van der Waals surface area contributed by atoms with Gasteiger partial charge in [-0.2, -0.15) is 0 Å². The first-order valence-corrected chi connectivity index (χ1v) is 8.11. The van der Waals surface area contributed by atoms with Crippen LogP contribution in [0.15, 0.2) is 36.4 Å². The van der Waals surface area contributed by atoms with E-state index in [-0.39, 0.29) is 5.56 Å². The Bertz CT molecular complexity index is 944. The SMILES string of the molecule is COCCOc1cccc2c(C)cc(-c3ccc(F)c(OC)c3F)nc12. The standard InChI is InChI=1S/C20H19F2NO3/c1-12-11-16(14-7-8-15(21)20(25-3)18(14)22)23-19-13(12)5-4-6-17(19)26-10-9-24-2/h4-8,11H,9-10H2,1-3H3. The topological polar surface area (TPSA) is 40.6 Å². The van der Waals surface area contributed by atoms with Crippen LogP contribution in [-0.2, 0) is 4.74 Å². The normalized spacial score (nSPS) is 11.0. The molecule has 4 nitrogen and oxygen atoms in total. The van der Waals surface area contributed by atoms with E-state index >= 15 is 0 Å². The van der Waals surface area contributed by atoms with Gasteiger partial charge in [0.15, 0.2) is 17.4 Å². The number of pyridine rings is 1. The van der Waals surface area contributed by atoms with Crippen LogP contribution in [0.2, 0.25) is 0 Å². The number of hydrogen-bond acceptors (Lipinski definition) is 4. The van der Waals surface area contributed by atoms with Crippen molar-refractivity contribution >= 4 is 10.9 Å². The Hall–Kier alpha value is -2.73. The summed E-state index contributed by atoms with van der Waals surface area (Å²) in [6.45, 7) is 2.73. The van der Waals surface area contributed by atoms with Gasteiger partial charge in [-0.05, 0) is 36.8 Å². The molecule has 26 heavy (non-hydrogen) atoms. The number of aryl methyl sites for hydroxylation is 1. The fourth-order valence-electron chi connectivity index (χ4n) is 2.80. The van der Waals surface area contributed by atoms with Crippen LogP contribution in [0.5, 0.6) is 11.5 Å². The first-order chi connectivity index (χ1) is 12.6. The Morgan fingerprint density at radius 1 is 1.04 bits per heavy atom. The predicted octanol–water partition coefficient (Wildman–Crippen LogP) is 4.52. The lowest BCUT2D eigenvalue weighted by Crippen LogP contribution is -2.05. The summed E-state index contributed by atoms with van der Waals surface area (Å²) in [4.78, 5) is 4.57. The average Bonchev–Trinajstić information content (AvgIpc) is 2.63. The van der Waals surface area contributed by atoms with Crippen LogP contribution in [0.1, 0.15) is 5.56 Å². The largest absolute Gasteiger partial charge is 0.491 e. The van der Waals surface area contributed by atoms with E-state index in [2.05, 4.69) is 4.98 Å². The van der Waals surface area contributed by atoms with Crippen molar-refractivity contribution in [2.24, 2.45) is 0 Å². The van der Waals surface area contributed by atoms with Crippen LogP contribution in [0.3, 0.4) is 0 Å². The van der Waals surface area contributed by atoms with E-state index in [9.17, 15) is 8.78 Å². The van der Waals surface area contributed by atoms with Crippen molar-refractivity contribution in [2.45, 2.75) is 6.92 Å². The first-order valence-electron chi connectivity index (χ1n) is 8.11. The summed E-state index contributed by atoms with van der Waals surface area (Å²) in [5.74, 6) is -1.38. The second-order valence-corrected chi connectivity index (χ2v) is 5.76. The van der Waals surface area contributed by atoms with Crippen molar-refractivity contribution in [2.75, 3.05) is 27.4 Å². The number of benzene rings is 2. The number of methoxy groups -OCH3 is 2. The minimum Gasteiger partial charge on any atom is -0.491 e. The number of rotatable bonds is 6. The summed E-state index contributed by atoms with van der Waals surface area (Å²) in [7, 11) is 2.82.